The first-order valence-electron chi connectivity index (χ1n) is 14.1. The predicted molar refractivity (Wildman–Crippen MR) is 177 cm³/mol. The number of nitrogens with one attached hydrogen (secondary N) is 1. The summed E-state index contributed by atoms with van der Waals surface area (Å²) >= 11 is 15.0. The number of amides is 2. The van der Waals surface area contributed by atoms with Gasteiger partial charge in [0.2, 0.25) is 5.91 Å². The van der Waals surface area contributed by atoms with Crippen LogP contribution in [-0.4, -0.2) is 77.2 Å². The number of rotatable bonds is 13. The Balaban J connectivity index is 1.36. The van der Waals surface area contributed by atoms with E-state index in [1.54, 1.807) is 12.1 Å². The van der Waals surface area contributed by atoms with Gasteiger partial charge in [0.15, 0.2) is 11.4 Å². The van der Waals surface area contributed by atoms with Gasteiger partial charge in [-0.05, 0) is 41.8 Å². The summed E-state index contributed by atoms with van der Waals surface area (Å²) in [6.07, 6.45) is 2.07. The van der Waals surface area contributed by atoms with Crippen LogP contribution in [0.2, 0.25) is 10.0 Å². The van der Waals surface area contributed by atoms with Crippen LogP contribution in [0.25, 0.3) is 0 Å². The van der Waals surface area contributed by atoms with Crippen LogP contribution in [0, 0.1) is 13.8 Å². The highest BCUT2D eigenvalue weighted by molar-refractivity contribution is 8.27. The summed E-state index contributed by atoms with van der Waals surface area (Å²) in [4.78, 5) is 51.5. The molecule has 3 heterocycles. The van der Waals surface area contributed by atoms with Gasteiger partial charge in [0.25, 0.3) is 5.91 Å². The zero-order valence-corrected chi connectivity index (χ0v) is 28.6. The average Bonchev–Trinajstić information content (AvgIpc) is 2.99. The van der Waals surface area contributed by atoms with Gasteiger partial charge in [0, 0.05) is 63.6 Å². The minimum atomic E-state index is -1.41. The molecule has 1 unspecified atom stereocenters. The standard InChI is InChI=1S/C29H34Cl2N4O7S3/c1-15-8-18(9-16(2)34(15)7-3-4-22(32)28(39)40)43-13-19-5-6-23-26(27(38)35(23)45(19)29(41)42)33-25(37)14-44-24-11-20(30)17(12-36)10-21(24)31/h8-11,22-23,26,36H,3-7,12-14,32H2,1-2H3,(H2-,33,37,39,40,41,42)/p+1/t22-,23+,26-,45?/m0/s1. The lowest BCUT2D eigenvalue weighted by atomic mass is 9.93. The zero-order valence-electron chi connectivity index (χ0n) is 24.6. The number of nitrogens with zero attached hydrogens (tertiary/aromatic N) is 2. The first-order valence-corrected chi connectivity index (χ1v) is 18.0. The fraction of sp³-hybridized carbons (Fsp3) is 0.448. The number of aryl methyl sites for hydroxylation is 2. The molecule has 6 N–H and O–H groups in total. The van der Waals surface area contributed by atoms with E-state index in [2.05, 4.69) is 9.88 Å². The lowest BCUT2D eigenvalue weighted by Gasteiger charge is -2.50. The molecule has 0 bridgehead atoms. The number of aliphatic hydroxyl groups is 1. The third kappa shape index (κ3) is 8.34. The van der Waals surface area contributed by atoms with Crippen molar-refractivity contribution in [3.05, 3.63) is 51.3 Å². The predicted octanol–water partition coefficient (Wildman–Crippen LogP) is 3.99. The third-order valence-corrected chi connectivity index (χ3v) is 12.8. The van der Waals surface area contributed by atoms with E-state index in [1.165, 1.54) is 16.1 Å². The maximum absolute atomic E-state index is 13.1. The Morgan fingerprint density at radius 3 is 2.44 bits per heavy atom. The molecular formula is C29H35Cl2N4O7S3+. The van der Waals surface area contributed by atoms with E-state index >= 15 is 0 Å². The summed E-state index contributed by atoms with van der Waals surface area (Å²) in [6, 6.07) is 5.09. The molecule has 1 aromatic carbocycles. The fourth-order valence-corrected chi connectivity index (χ4v) is 10.1. The van der Waals surface area contributed by atoms with Crippen LogP contribution in [0.3, 0.4) is 0 Å². The number of fused-ring (bicyclic) bond motifs is 1. The molecule has 16 heteroatoms. The van der Waals surface area contributed by atoms with Crippen molar-refractivity contribution < 1.29 is 39.1 Å². The number of aliphatic hydroxyl groups excluding tert-OH is 1. The highest BCUT2D eigenvalue weighted by Gasteiger charge is 2.53. The summed E-state index contributed by atoms with van der Waals surface area (Å²) in [5, 5.41) is 30.8. The summed E-state index contributed by atoms with van der Waals surface area (Å²) in [7, 11) is -1.41. The van der Waals surface area contributed by atoms with Crippen LogP contribution >= 0.6 is 57.4 Å². The largest absolute Gasteiger partial charge is 0.480 e. The van der Waals surface area contributed by atoms with Gasteiger partial charge in [-0.2, -0.15) is 0 Å². The molecule has 2 amide bonds. The molecule has 4 rings (SSSR count). The van der Waals surface area contributed by atoms with Gasteiger partial charge in [0.05, 0.1) is 23.4 Å². The molecule has 1 aromatic heterocycles. The molecule has 1 fully saturated rings. The van der Waals surface area contributed by atoms with Crippen molar-refractivity contribution in [3.8, 4) is 0 Å². The Bertz CT molecular complexity index is 1530. The normalized spacial score (nSPS) is 20.0. The number of benzene rings is 1. The van der Waals surface area contributed by atoms with Gasteiger partial charge >= 0.3 is 11.3 Å². The molecule has 4 atom stereocenters. The molecule has 0 radical (unpaired) electrons. The molecule has 0 spiro atoms. The van der Waals surface area contributed by atoms with E-state index in [9.17, 15) is 29.4 Å². The highest BCUT2D eigenvalue weighted by Crippen LogP contribution is 2.43. The number of carbonyl (C=O) groups is 4. The van der Waals surface area contributed by atoms with Gasteiger partial charge in [-0.3, -0.25) is 18.7 Å². The van der Waals surface area contributed by atoms with E-state index in [-0.39, 0.29) is 18.3 Å². The van der Waals surface area contributed by atoms with Crippen molar-refractivity contribution in [2.24, 2.45) is 5.73 Å². The second-order valence-corrected chi connectivity index (χ2v) is 15.5. The molecule has 2 aliphatic heterocycles. The summed E-state index contributed by atoms with van der Waals surface area (Å²) in [5.41, 5.74) is 8.09. The maximum Gasteiger partial charge on any atom is 0.378 e. The molecule has 45 heavy (non-hydrogen) atoms. The van der Waals surface area contributed by atoms with Crippen molar-refractivity contribution in [1.29, 1.82) is 0 Å². The SMILES string of the molecule is Cc1cc(SCC2=S(C(=O)O)N3C(=O)[C@@H](NC(=O)CSc4cc(Cl)c(CO)cc4Cl)[C@H]3CC2)cc(C)[n+]1CCC[C@H](N)C(=O)O. The molecule has 2 aliphatic rings. The van der Waals surface area contributed by atoms with Crippen LogP contribution in [-0.2, 0) is 27.5 Å². The Morgan fingerprint density at radius 2 is 1.82 bits per heavy atom. The zero-order chi connectivity index (χ0) is 33.0. The van der Waals surface area contributed by atoms with E-state index < -0.39 is 46.0 Å². The summed E-state index contributed by atoms with van der Waals surface area (Å²) in [6.45, 7) is 4.31. The molecule has 244 valence electrons. The van der Waals surface area contributed by atoms with Crippen LogP contribution < -0.4 is 15.6 Å². The number of hydrogen-bond donors (Lipinski definition) is 5. The number of aromatic nitrogens is 1. The number of carbonyl (C=O) groups excluding carboxylic acids is 2. The van der Waals surface area contributed by atoms with Gasteiger partial charge in [0.1, 0.15) is 18.6 Å². The van der Waals surface area contributed by atoms with Crippen molar-refractivity contribution in [3.63, 3.8) is 0 Å². The first-order chi connectivity index (χ1) is 21.3. The number of aliphatic carboxylic acids is 1. The van der Waals surface area contributed by atoms with Gasteiger partial charge in [-0.15, -0.1) is 23.5 Å². The smallest absolute Gasteiger partial charge is 0.378 e. The van der Waals surface area contributed by atoms with Crippen LogP contribution in [0.15, 0.2) is 34.1 Å². The Hall–Kier alpha value is -2.33. The van der Waals surface area contributed by atoms with Crippen LogP contribution in [0.1, 0.15) is 42.6 Å². The van der Waals surface area contributed by atoms with E-state index in [1.807, 2.05) is 26.0 Å². The Labute approximate surface area is 281 Å². The number of thioether (sulfide) groups is 2. The number of nitrogens with two attached hydrogens (primary N) is 1. The van der Waals surface area contributed by atoms with E-state index in [0.717, 1.165) is 32.9 Å². The molecular weight excluding hydrogens is 683 g/mol. The number of pyridine rings is 1. The monoisotopic (exact) mass is 717 g/mol. The van der Waals surface area contributed by atoms with Crippen molar-refractivity contribution >= 4 is 85.3 Å². The van der Waals surface area contributed by atoms with Crippen molar-refractivity contribution in [2.45, 2.75) is 80.6 Å². The summed E-state index contributed by atoms with van der Waals surface area (Å²) < 4.78 is 3.50. The minimum absolute atomic E-state index is 0.0184. The number of carboxylic acid groups (broad SMARTS) is 2. The second kappa shape index (κ2) is 15.5. The molecule has 11 nitrogen and oxygen atoms in total. The average molecular weight is 719 g/mol. The third-order valence-electron chi connectivity index (χ3n) is 7.64. The molecule has 1 saturated heterocycles. The molecule has 0 saturated carbocycles. The second-order valence-electron chi connectivity index (χ2n) is 10.7. The van der Waals surface area contributed by atoms with Gasteiger partial charge < -0.3 is 26.4 Å². The minimum Gasteiger partial charge on any atom is -0.480 e. The van der Waals surface area contributed by atoms with Crippen molar-refractivity contribution in [1.82, 2.24) is 9.62 Å². The number of carboxylic acids is 1. The van der Waals surface area contributed by atoms with Gasteiger partial charge in [-0.1, -0.05) is 23.2 Å². The van der Waals surface area contributed by atoms with E-state index in [0.29, 0.717) is 58.5 Å². The van der Waals surface area contributed by atoms with Gasteiger partial charge in [-0.25, -0.2) is 9.36 Å². The topological polar surface area (TPSA) is 174 Å². The Morgan fingerprint density at radius 1 is 1.13 bits per heavy atom. The number of β-lactam (4-membered cyclic amide) rings is 1. The Kier molecular flexibility index (Phi) is 12.2. The summed E-state index contributed by atoms with van der Waals surface area (Å²) in [5.74, 6) is -1.38. The van der Waals surface area contributed by atoms with Crippen molar-refractivity contribution in [2.75, 3.05) is 11.5 Å². The first kappa shape index (κ1) is 35.5. The fourth-order valence-electron chi connectivity index (χ4n) is 5.31. The lowest BCUT2D eigenvalue weighted by molar-refractivity contribution is -0.709. The quantitative estimate of drug-likeness (QED) is 0.0882. The number of halogens is 2. The number of hydrogen-bond acceptors (Lipinski definition) is 8. The molecule has 2 aromatic rings. The maximum atomic E-state index is 13.1. The molecule has 0 aliphatic carbocycles. The highest BCUT2D eigenvalue weighted by atomic mass is 35.5. The lowest BCUT2D eigenvalue weighted by Crippen LogP contribution is -2.70. The van der Waals surface area contributed by atoms with Crippen LogP contribution in [0.5, 0.6) is 0 Å². The van der Waals surface area contributed by atoms with E-state index in [4.69, 9.17) is 34.0 Å². The van der Waals surface area contributed by atoms with Crippen LogP contribution in [0.4, 0.5) is 4.79 Å².